The van der Waals surface area contributed by atoms with Gasteiger partial charge in [-0.15, -0.1) is 0 Å². The summed E-state index contributed by atoms with van der Waals surface area (Å²) in [5.41, 5.74) is 10.0. The van der Waals surface area contributed by atoms with Crippen LogP contribution in [0.2, 0.25) is 0 Å². The van der Waals surface area contributed by atoms with Crippen LogP contribution in [0, 0.1) is 17.8 Å². The molecule has 0 bridgehead atoms. The minimum atomic E-state index is 0.220. The first-order valence-corrected chi connectivity index (χ1v) is 6.66. The Balaban J connectivity index is 1.61. The van der Waals surface area contributed by atoms with Crippen molar-refractivity contribution in [2.24, 2.45) is 23.5 Å². The fraction of sp³-hybridized carbons (Fsp3) is 0.600. The zero-order valence-electron chi connectivity index (χ0n) is 9.65. The minimum Gasteiger partial charge on any atom is -0.324 e. The highest BCUT2D eigenvalue weighted by Crippen LogP contribution is 2.64. The molecule has 2 fully saturated rings. The van der Waals surface area contributed by atoms with Crippen molar-refractivity contribution in [3.05, 3.63) is 35.4 Å². The van der Waals surface area contributed by atoms with E-state index < -0.39 is 0 Å². The summed E-state index contributed by atoms with van der Waals surface area (Å²) < 4.78 is 0. The predicted octanol–water partition coefficient (Wildman–Crippen LogP) is 2.53. The number of fused-ring (bicyclic) bond motifs is 2. The third-order valence-corrected chi connectivity index (χ3v) is 5.45. The monoisotopic (exact) mass is 213 g/mol. The van der Waals surface area contributed by atoms with E-state index >= 15 is 0 Å². The van der Waals surface area contributed by atoms with Crippen LogP contribution in [0.4, 0.5) is 0 Å². The summed E-state index contributed by atoms with van der Waals surface area (Å²) in [6, 6.07) is 8.91. The highest BCUT2D eigenvalue weighted by Gasteiger charge is 2.66. The molecule has 1 aromatic carbocycles. The molecule has 0 aliphatic heterocycles. The van der Waals surface area contributed by atoms with E-state index in [0.717, 1.165) is 17.8 Å². The topological polar surface area (TPSA) is 26.0 Å². The molecule has 0 aromatic heterocycles. The Bertz CT molecular complexity index is 402. The lowest BCUT2D eigenvalue weighted by atomic mass is 9.88. The van der Waals surface area contributed by atoms with E-state index in [1.807, 2.05) is 0 Å². The van der Waals surface area contributed by atoms with E-state index in [4.69, 9.17) is 5.73 Å². The largest absolute Gasteiger partial charge is 0.324 e. The van der Waals surface area contributed by atoms with Crippen LogP contribution in [0.3, 0.4) is 0 Å². The van der Waals surface area contributed by atoms with Crippen LogP contribution in [-0.4, -0.2) is 5.54 Å². The average Bonchev–Trinajstić information content (AvgIpc) is 2.80. The van der Waals surface area contributed by atoms with Crippen molar-refractivity contribution in [2.45, 2.75) is 37.6 Å². The van der Waals surface area contributed by atoms with E-state index in [-0.39, 0.29) is 5.54 Å². The molecule has 3 aliphatic carbocycles. The van der Waals surface area contributed by atoms with Gasteiger partial charge in [-0.25, -0.2) is 0 Å². The second kappa shape index (κ2) is 2.89. The molecule has 16 heavy (non-hydrogen) atoms. The van der Waals surface area contributed by atoms with Gasteiger partial charge in [0.25, 0.3) is 0 Å². The van der Waals surface area contributed by atoms with E-state index in [0.29, 0.717) is 0 Å². The molecule has 0 heterocycles. The van der Waals surface area contributed by atoms with E-state index in [1.165, 1.54) is 32.1 Å². The summed E-state index contributed by atoms with van der Waals surface area (Å²) in [6.07, 6.45) is 6.69. The molecule has 0 radical (unpaired) electrons. The summed E-state index contributed by atoms with van der Waals surface area (Å²) in [7, 11) is 0. The van der Waals surface area contributed by atoms with Crippen LogP contribution < -0.4 is 5.73 Å². The van der Waals surface area contributed by atoms with Gasteiger partial charge in [0, 0.05) is 5.54 Å². The molecule has 2 atom stereocenters. The quantitative estimate of drug-likeness (QED) is 0.762. The Hall–Kier alpha value is -0.820. The van der Waals surface area contributed by atoms with Crippen molar-refractivity contribution >= 4 is 0 Å². The Morgan fingerprint density at radius 1 is 1.00 bits per heavy atom. The van der Waals surface area contributed by atoms with E-state index in [9.17, 15) is 0 Å². The van der Waals surface area contributed by atoms with Crippen molar-refractivity contribution < 1.29 is 0 Å². The number of hydrogen-bond acceptors (Lipinski definition) is 1. The number of rotatable bonds is 1. The zero-order chi connectivity index (χ0) is 10.8. The molecule has 0 spiro atoms. The molecule has 1 aromatic rings. The van der Waals surface area contributed by atoms with Crippen molar-refractivity contribution in [3.63, 3.8) is 0 Å². The second-order valence-corrected chi connectivity index (χ2v) is 6.02. The van der Waals surface area contributed by atoms with Crippen LogP contribution in [-0.2, 0) is 12.8 Å². The summed E-state index contributed by atoms with van der Waals surface area (Å²) >= 11 is 0. The van der Waals surface area contributed by atoms with Gasteiger partial charge in [-0.05, 0) is 54.6 Å². The molecular formula is C15H19N. The lowest BCUT2D eigenvalue weighted by Crippen LogP contribution is -2.38. The molecule has 0 saturated heterocycles. The van der Waals surface area contributed by atoms with Gasteiger partial charge in [0.1, 0.15) is 0 Å². The number of nitrogens with two attached hydrogens (primary N) is 1. The van der Waals surface area contributed by atoms with E-state index in [2.05, 4.69) is 24.3 Å². The smallest absolute Gasteiger partial charge is 0.0253 e. The first-order valence-electron chi connectivity index (χ1n) is 6.66. The Kier molecular flexibility index (Phi) is 1.67. The van der Waals surface area contributed by atoms with Gasteiger partial charge < -0.3 is 5.73 Å². The molecule has 1 heteroatoms. The standard InChI is InChI=1S/C15H19N/c16-15(13-6-3-7-14(13)15)12-8-10-4-1-2-5-11(10)9-12/h1-2,4-5,12-14H,3,6-9,16H2. The van der Waals surface area contributed by atoms with Crippen LogP contribution in [0.15, 0.2) is 24.3 Å². The van der Waals surface area contributed by atoms with Crippen LogP contribution in [0.25, 0.3) is 0 Å². The summed E-state index contributed by atoms with van der Waals surface area (Å²) in [6.45, 7) is 0. The van der Waals surface area contributed by atoms with Crippen molar-refractivity contribution in [3.8, 4) is 0 Å². The minimum absolute atomic E-state index is 0.220. The third kappa shape index (κ3) is 1.00. The van der Waals surface area contributed by atoms with Gasteiger partial charge in [0.15, 0.2) is 0 Å². The van der Waals surface area contributed by atoms with Crippen LogP contribution in [0.5, 0.6) is 0 Å². The van der Waals surface area contributed by atoms with Crippen molar-refractivity contribution in [1.82, 2.24) is 0 Å². The molecule has 1 nitrogen and oxygen atoms in total. The number of benzene rings is 1. The maximum Gasteiger partial charge on any atom is 0.0253 e. The molecule has 84 valence electrons. The highest BCUT2D eigenvalue weighted by atomic mass is 14.9. The lowest BCUT2D eigenvalue weighted by Gasteiger charge is -2.22. The molecule has 4 rings (SSSR count). The SMILES string of the molecule is NC1(C2Cc3ccccc3C2)C2CCCC21. The number of hydrogen-bond donors (Lipinski definition) is 1. The fourth-order valence-electron chi connectivity index (χ4n) is 4.57. The van der Waals surface area contributed by atoms with Crippen molar-refractivity contribution in [2.75, 3.05) is 0 Å². The van der Waals surface area contributed by atoms with Gasteiger partial charge in [0.2, 0.25) is 0 Å². The average molecular weight is 213 g/mol. The first kappa shape index (κ1) is 9.23. The Morgan fingerprint density at radius 2 is 1.56 bits per heavy atom. The second-order valence-electron chi connectivity index (χ2n) is 6.02. The first-order chi connectivity index (χ1) is 7.80. The molecule has 2 saturated carbocycles. The molecule has 2 N–H and O–H groups in total. The third-order valence-electron chi connectivity index (χ3n) is 5.45. The van der Waals surface area contributed by atoms with Gasteiger partial charge in [-0.1, -0.05) is 30.7 Å². The van der Waals surface area contributed by atoms with Crippen LogP contribution >= 0.6 is 0 Å². The summed E-state index contributed by atoms with van der Waals surface area (Å²) in [5, 5.41) is 0. The highest BCUT2D eigenvalue weighted by molar-refractivity contribution is 5.36. The van der Waals surface area contributed by atoms with E-state index in [1.54, 1.807) is 11.1 Å². The zero-order valence-corrected chi connectivity index (χ0v) is 9.65. The maximum absolute atomic E-state index is 6.68. The Morgan fingerprint density at radius 3 is 2.12 bits per heavy atom. The van der Waals surface area contributed by atoms with Gasteiger partial charge in [0.05, 0.1) is 0 Å². The molecule has 2 unspecified atom stereocenters. The molecule has 0 amide bonds. The van der Waals surface area contributed by atoms with Crippen molar-refractivity contribution in [1.29, 1.82) is 0 Å². The summed E-state index contributed by atoms with van der Waals surface area (Å²) in [5.74, 6) is 2.47. The normalized spacial score (nSPS) is 40.8. The molecule has 3 aliphatic rings. The maximum atomic E-state index is 6.68. The van der Waals surface area contributed by atoms with Crippen LogP contribution in [0.1, 0.15) is 30.4 Å². The Labute approximate surface area is 97.0 Å². The van der Waals surface area contributed by atoms with Gasteiger partial charge in [-0.2, -0.15) is 0 Å². The van der Waals surface area contributed by atoms with Gasteiger partial charge in [-0.3, -0.25) is 0 Å². The summed E-state index contributed by atoms with van der Waals surface area (Å²) in [4.78, 5) is 0. The predicted molar refractivity (Wildman–Crippen MR) is 65.1 cm³/mol. The fourth-order valence-corrected chi connectivity index (χ4v) is 4.57. The lowest BCUT2D eigenvalue weighted by molar-refractivity contribution is 0.348. The molecular weight excluding hydrogens is 194 g/mol. The van der Waals surface area contributed by atoms with Gasteiger partial charge >= 0.3 is 0 Å².